The largest absolute Gasteiger partial charge is 0.391 e. The summed E-state index contributed by atoms with van der Waals surface area (Å²) in [6.07, 6.45) is -1.13. The van der Waals surface area contributed by atoms with Crippen molar-refractivity contribution in [2.45, 2.75) is 44.7 Å². The third-order valence-electron chi connectivity index (χ3n) is 4.96. The molecule has 2 aliphatic rings. The number of nitrogens with one attached hydrogen (secondary N) is 1. The molecule has 6 heteroatoms. The molecule has 0 unspecified atom stereocenters. The highest BCUT2D eigenvalue weighted by Crippen LogP contribution is 2.40. The molecule has 0 aromatic carbocycles. The van der Waals surface area contributed by atoms with E-state index >= 15 is 0 Å². The standard InChI is InChI=1S/C15H25F3N2O/c1-19-10-11-6-8-20(9-7-11)14(21)12-2-4-13(5-3-12)15(16,17)18/h11-13,19H,2-10H2,1H3. The molecule has 0 bridgehead atoms. The monoisotopic (exact) mass is 306 g/mol. The van der Waals surface area contributed by atoms with Gasteiger partial charge >= 0.3 is 6.18 Å². The predicted molar refractivity (Wildman–Crippen MR) is 74.7 cm³/mol. The van der Waals surface area contributed by atoms with Crippen LogP contribution in [0.25, 0.3) is 0 Å². The fourth-order valence-corrected chi connectivity index (χ4v) is 3.57. The fourth-order valence-electron chi connectivity index (χ4n) is 3.57. The lowest BCUT2D eigenvalue weighted by Crippen LogP contribution is -2.44. The van der Waals surface area contributed by atoms with Gasteiger partial charge in [-0.2, -0.15) is 13.2 Å². The summed E-state index contributed by atoms with van der Waals surface area (Å²) < 4.78 is 37.9. The van der Waals surface area contributed by atoms with Crippen LogP contribution in [0.5, 0.6) is 0 Å². The van der Waals surface area contributed by atoms with Gasteiger partial charge in [-0.15, -0.1) is 0 Å². The van der Waals surface area contributed by atoms with Crippen molar-refractivity contribution in [3.63, 3.8) is 0 Å². The Morgan fingerprint density at radius 2 is 1.67 bits per heavy atom. The van der Waals surface area contributed by atoms with E-state index in [2.05, 4.69) is 5.32 Å². The van der Waals surface area contributed by atoms with Crippen LogP contribution in [0, 0.1) is 17.8 Å². The zero-order valence-corrected chi connectivity index (χ0v) is 12.6. The van der Waals surface area contributed by atoms with Crippen LogP contribution in [0.15, 0.2) is 0 Å². The second-order valence-electron chi connectivity index (χ2n) is 6.42. The van der Waals surface area contributed by atoms with Gasteiger partial charge in [0.2, 0.25) is 5.91 Å². The van der Waals surface area contributed by atoms with Crippen molar-refractivity contribution in [3.05, 3.63) is 0 Å². The third kappa shape index (κ3) is 4.34. The summed E-state index contributed by atoms with van der Waals surface area (Å²) in [6, 6.07) is 0. The van der Waals surface area contributed by atoms with Crippen molar-refractivity contribution in [1.29, 1.82) is 0 Å². The lowest BCUT2D eigenvalue weighted by Gasteiger charge is -2.36. The minimum atomic E-state index is -4.10. The molecule has 1 saturated carbocycles. The maximum absolute atomic E-state index is 12.6. The summed E-state index contributed by atoms with van der Waals surface area (Å²) in [5.74, 6) is -0.703. The van der Waals surface area contributed by atoms with Gasteiger partial charge in [0.1, 0.15) is 0 Å². The average Bonchev–Trinajstić information content (AvgIpc) is 2.47. The smallest absolute Gasteiger partial charge is 0.342 e. The highest BCUT2D eigenvalue weighted by molar-refractivity contribution is 5.79. The Kier molecular flexibility index (Phi) is 5.52. The Morgan fingerprint density at radius 1 is 1.10 bits per heavy atom. The summed E-state index contributed by atoms with van der Waals surface area (Å²) in [5, 5.41) is 3.15. The lowest BCUT2D eigenvalue weighted by molar-refractivity contribution is -0.185. The number of piperidine rings is 1. The second kappa shape index (κ2) is 6.99. The number of hydrogen-bond donors (Lipinski definition) is 1. The van der Waals surface area contributed by atoms with E-state index in [4.69, 9.17) is 0 Å². The fraction of sp³-hybridized carbons (Fsp3) is 0.933. The summed E-state index contributed by atoms with van der Waals surface area (Å²) in [4.78, 5) is 14.3. The van der Waals surface area contributed by atoms with Gasteiger partial charge < -0.3 is 10.2 Å². The number of carbonyl (C=O) groups excluding carboxylic acids is 1. The van der Waals surface area contributed by atoms with E-state index < -0.39 is 12.1 Å². The first-order valence-corrected chi connectivity index (χ1v) is 7.92. The molecule has 1 saturated heterocycles. The van der Waals surface area contributed by atoms with Crippen molar-refractivity contribution < 1.29 is 18.0 Å². The number of carbonyl (C=O) groups is 1. The van der Waals surface area contributed by atoms with Gasteiger partial charge in [0.25, 0.3) is 0 Å². The molecule has 0 aromatic heterocycles. The van der Waals surface area contributed by atoms with Crippen LogP contribution < -0.4 is 5.32 Å². The molecule has 2 rings (SSSR count). The second-order valence-corrected chi connectivity index (χ2v) is 6.42. The van der Waals surface area contributed by atoms with Gasteiger partial charge in [0.05, 0.1) is 5.92 Å². The molecule has 1 heterocycles. The summed E-state index contributed by atoms with van der Waals surface area (Å²) in [5.41, 5.74) is 0. The maximum Gasteiger partial charge on any atom is 0.391 e. The molecule has 2 fully saturated rings. The van der Waals surface area contributed by atoms with Gasteiger partial charge in [-0.25, -0.2) is 0 Å². The van der Waals surface area contributed by atoms with Crippen molar-refractivity contribution in [3.8, 4) is 0 Å². The van der Waals surface area contributed by atoms with E-state index in [1.165, 1.54) is 0 Å². The first-order valence-electron chi connectivity index (χ1n) is 7.92. The highest BCUT2D eigenvalue weighted by Gasteiger charge is 2.43. The van der Waals surface area contributed by atoms with Gasteiger partial charge in [-0.3, -0.25) is 4.79 Å². The molecule has 1 aliphatic carbocycles. The van der Waals surface area contributed by atoms with Crippen LogP contribution >= 0.6 is 0 Å². The molecule has 0 aromatic rings. The molecule has 122 valence electrons. The third-order valence-corrected chi connectivity index (χ3v) is 4.96. The topological polar surface area (TPSA) is 32.3 Å². The van der Waals surface area contributed by atoms with E-state index in [1.807, 2.05) is 11.9 Å². The van der Waals surface area contributed by atoms with E-state index in [1.54, 1.807) is 0 Å². The number of nitrogens with zero attached hydrogens (tertiary/aromatic N) is 1. The Bertz CT molecular complexity index is 343. The molecule has 1 aliphatic heterocycles. The zero-order chi connectivity index (χ0) is 15.5. The molecule has 1 amide bonds. The molecule has 0 spiro atoms. The van der Waals surface area contributed by atoms with E-state index in [0.29, 0.717) is 18.8 Å². The number of alkyl halides is 3. The van der Waals surface area contributed by atoms with Gasteiger partial charge in [-0.1, -0.05) is 0 Å². The maximum atomic E-state index is 12.6. The Hall–Kier alpha value is -0.780. The van der Waals surface area contributed by atoms with Crippen molar-refractivity contribution in [2.24, 2.45) is 17.8 Å². The quantitative estimate of drug-likeness (QED) is 0.869. The van der Waals surface area contributed by atoms with Crippen LogP contribution in [-0.2, 0) is 4.79 Å². The van der Waals surface area contributed by atoms with Crippen molar-refractivity contribution in [2.75, 3.05) is 26.7 Å². The van der Waals surface area contributed by atoms with Crippen LogP contribution in [0.3, 0.4) is 0 Å². The average molecular weight is 306 g/mol. The molecule has 21 heavy (non-hydrogen) atoms. The van der Waals surface area contributed by atoms with E-state index in [9.17, 15) is 18.0 Å². The number of halogens is 3. The number of hydrogen-bond acceptors (Lipinski definition) is 2. The van der Waals surface area contributed by atoms with E-state index in [-0.39, 0.29) is 24.7 Å². The molecule has 0 radical (unpaired) electrons. The Labute approximate surface area is 124 Å². The van der Waals surface area contributed by atoms with Crippen LogP contribution in [0.2, 0.25) is 0 Å². The predicted octanol–water partition coefficient (Wildman–Crippen LogP) is 2.81. The Morgan fingerprint density at radius 3 is 2.14 bits per heavy atom. The van der Waals surface area contributed by atoms with Gasteiger partial charge in [-0.05, 0) is 58.0 Å². The normalized spacial score (nSPS) is 28.7. The first-order chi connectivity index (χ1) is 9.91. The van der Waals surface area contributed by atoms with Gasteiger partial charge in [0.15, 0.2) is 0 Å². The van der Waals surface area contributed by atoms with Gasteiger partial charge in [0, 0.05) is 19.0 Å². The number of likely N-dealkylation sites (tertiary alicyclic amines) is 1. The minimum absolute atomic E-state index is 0.0820. The van der Waals surface area contributed by atoms with Crippen molar-refractivity contribution >= 4 is 5.91 Å². The number of rotatable bonds is 3. The molecular formula is C15H25F3N2O. The minimum Gasteiger partial charge on any atom is -0.342 e. The highest BCUT2D eigenvalue weighted by atomic mass is 19.4. The lowest BCUT2D eigenvalue weighted by atomic mass is 9.80. The van der Waals surface area contributed by atoms with Crippen LogP contribution in [0.4, 0.5) is 13.2 Å². The van der Waals surface area contributed by atoms with Crippen LogP contribution in [0.1, 0.15) is 38.5 Å². The molecule has 3 nitrogen and oxygen atoms in total. The SMILES string of the molecule is CNCC1CCN(C(=O)C2CCC(C(F)(F)F)CC2)CC1. The summed E-state index contributed by atoms with van der Waals surface area (Å²) in [6.45, 7) is 2.48. The molecular weight excluding hydrogens is 281 g/mol. The van der Waals surface area contributed by atoms with Crippen LogP contribution in [-0.4, -0.2) is 43.7 Å². The number of amides is 1. The summed E-state index contributed by atoms with van der Waals surface area (Å²) in [7, 11) is 1.93. The van der Waals surface area contributed by atoms with E-state index in [0.717, 1.165) is 32.5 Å². The Balaban J connectivity index is 1.78. The first kappa shape index (κ1) is 16.6. The van der Waals surface area contributed by atoms with Crippen molar-refractivity contribution in [1.82, 2.24) is 10.2 Å². The molecule has 1 N–H and O–H groups in total. The summed E-state index contributed by atoms with van der Waals surface area (Å²) >= 11 is 0. The zero-order valence-electron chi connectivity index (χ0n) is 12.6. The molecule has 0 atom stereocenters.